The number of aromatic nitrogens is 1. The Hall–Kier alpha value is -1.55. The topological polar surface area (TPSA) is 55.3 Å². The summed E-state index contributed by atoms with van der Waals surface area (Å²) in [5, 5.41) is 0. The Bertz CT molecular complexity index is 518. The summed E-state index contributed by atoms with van der Waals surface area (Å²) in [7, 11) is 0. The van der Waals surface area contributed by atoms with Gasteiger partial charge in [-0.25, -0.2) is 0 Å². The zero-order valence-electron chi connectivity index (χ0n) is 11.4. The molecule has 0 amide bonds. The first-order valence-electron chi connectivity index (χ1n) is 7.15. The average molecular weight is 259 g/mol. The molecule has 1 heterocycles. The molecule has 2 unspecified atom stereocenters. The first kappa shape index (κ1) is 12.5. The van der Waals surface area contributed by atoms with Crippen LogP contribution < -0.4 is 10.6 Å². The molecule has 0 radical (unpaired) electrons. The summed E-state index contributed by atoms with van der Waals surface area (Å²) in [6.07, 6.45) is 3.66. The minimum Gasteiger partial charge on any atom is -0.423 e. The molecule has 3 rings (SSSR count). The Morgan fingerprint density at radius 2 is 2.21 bits per heavy atom. The molecule has 1 saturated carbocycles. The van der Waals surface area contributed by atoms with E-state index >= 15 is 0 Å². The molecule has 0 spiro atoms. The van der Waals surface area contributed by atoms with Gasteiger partial charge in [0, 0.05) is 12.6 Å². The number of fused-ring (bicyclic) bond motifs is 1. The summed E-state index contributed by atoms with van der Waals surface area (Å²) in [5.41, 5.74) is 7.68. The maximum absolute atomic E-state index is 5.90. The molecule has 0 bridgehead atoms. The SMILES string of the molecule is CCN(c1nc2ccccc2o1)C1CCCC1CN. The van der Waals surface area contributed by atoms with E-state index < -0.39 is 0 Å². The van der Waals surface area contributed by atoms with Crippen LogP contribution in [0.25, 0.3) is 11.1 Å². The second kappa shape index (κ2) is 5.21. The van der Waals surface area contributed by atoms with Crippen LogP contribution in [0.5, 0.6) is 0 Å². The standard InChI is InChI=1S/C15H21N3O/c1-2-18(13-8-5-6-11(13)10-16)15-17-12-7-3-4-9-14(12)19-15/h3-4,7,9,11,13H,2,5-6,8,10,16H2,1H3. The van der Waals surface area contributed by atoms with E-state index in [1.54, 1.807) is 0 Å². The smallest absolute Gasteiger partial charge is 0.298 e. The van der Waals surface area contributed by atoms with Crippen molar-refractivity contribution in [3.05, 3.63) is 24.3 Å². The summed E-state index contributed by atoms with van der Waals surface area (Å²) in [6.45, 7) is 3.82. The van der Waals surface area contributed by atoms with Crippen LogP contribution in [-0.2, 0) is 0 Å². The second-order valence-electron chi connectivity index (χ2n) is 5.24. The van der Waals surface area contributed by atoms with Gasteiger partial charge < -0.3 is 15.1 Å². The average Bonchev–Trinajstić information content (AvgIpc) is 3.05. The number of para-hydroxylation sites is 2. The van der Waals surface area contributed by atoms with Gasteiger partial charge in [0.2, 0.25) is 0 Å². The van der Waals surface area contributed by atoms with Crippen LogP contribution in [0.1, 0.15) is 26.2 Å². The number of rotatable bonds is 4. The molecule has 2 N–H and O–H groups in total. The van der Waals surface area contributed by atoms with Crippen LogP contribution in [0, 0.1) is 5.92 Å². The minimum atomic E-state index is 0.475. The van der Waals surface area contributed by atoms with Gasteiger partial charge in [-0.1, -0.05) is 18.6 Å². The molecule has 1 aromatic carbocycles. The lowest BCUT2D eigenvalue weighted by atomic mass is 10.0. The van der Waals surface area contributed by atoms with Crippen molar-refractivity contribution < 1.29 is 4.42 Å². The highest BCUT2D eigenvalue weighted by molar-refractivity contribution is 5.74. The molecule has 19 heavy (non-hydrogen) atoms. The van der Waals surface area contributed by atoms with E-state index in [9.17, 15) is 0 Å². The molecular formula is C15H21N3O. The van der Waals surface area contributed by atoms with E-state index in [1.807, 2.05) is 24.3 Å². The Labute approximate surface area is 113 Å². The molecule has 2 aromatic rings. The lowest BCUT2D eigenvalue weighted by Crippen LogP contribution is -2.40. The van der Waals surface area contributed by atoms with E-state index in [0.29, 0.717) is 12.0 Å². The number of hydrogen-bond donors (Lipinski definition) is 1. The van der Waals surface area contributed by atoms with Crippen LogP contribution >= 0.6 is 0 Å². The third kappa shape index (κ3) is 2.21. The van der Waals surface area contributed by atoms with Gasteiger partial charge in [0.1, 0.15) is 5.52 Å². The zero-order chi connectivity index (χ0) is 13.2. The Balaban J connectivity index is 1.93. The van der Waals surface area contributed by atoms with E-state index in [0.717, 1.165) is 30.2 Å². The number of hydrogen-bond acceptors (Lipinski definition) is 4. The molecule has 1 fully saturated rings. The summed E-state index contributed by atoms with van der Waals surface area (Å²) in [5.74, 6) is 0.565. The maximum atomic E-state index is 5.90. The van der Waals surface area contributed by atoms with E-state index in [-0.39, 0.29) is 0 Å². The zero-order valence-corrected chi connectivity index (χ0v) is 11.4. The first-order valence-corrected chi connectivity index (χ1v) is 7.15. The van der Waals surface area contributed by atoms with Gasteiger partial charge >= 0.3 is 0 Å². The van der Waals surface area contributed by atoms with Gasteiger partial charge in [0.15, 0.2) is 5.58 Å². The fourth-order valence-electron chi connectivity index (χ4n) is 3.20. The molecule has 2 atom stereocenters. The van der Waals surface area contributed by atoms with Gasteiger partial charge in [0.25, 0.3) is 6.01 Å². The molecule has 1 aliphatic rings. The second-order valence-corrected chi connectivity index (χ2v) is 5.24. The number of anilines is 1. The van der Waals surface area contributed by atoms with Gasteiger partial charge in [-0.05, 0) is 44.4 Å². The predicted molar refractivity (Wildman–Crippen MR) is 77.2 cm³/mol. The van der Waals surface area contributed by atoms with E-state index in [1.165, 1.54) is 19.3 Å². The van der Waals surface area contributed by atoms with Gasteiger partial charge in [-0.2, -0.15) is 4.98 Å². The fourth-order valence-corrected chi connectivity index (χ4v) is 3.20. The number of benzene rings is 1. The first-order chi connectivity index (χ1) is 9.33. The summed E-state index contributed by atoms with van der Waals surface area (Å²) in [6, 6.07) is 9.15. The van der Waals surface area contributed by atoms with Crippen molar-refractivity contribution in [2.45, 2.75) is 32.2 Å². The third-order valence-electron chi connectivity index (χ3n) is 4.19. The summed E-state index contributed by atoms with van der Waals surface area (Å²) in [4.78, 5) is 6.90. The number of nitrogens with zero attached hydrogens (tertiary/aromatic N) is 2. The normalized spacial score (nSPS) is 23.1. The highest BCUT2D eigenvalue weighted by Crippen LogP contribution is 2.33. The predicted octanol–water partition coefficient (Wildman–Crippen LogP) is 2.78. The molecule has 1 aliphatic carbocycles. The van der Waals surface area contributed by atoms with Crippen LogP contribution in [-0.4, -0.2) is 24.1 Å². The van der Waals surface area contributed by atoms with Crippen molar-refractivity contribution in [3.63, 3.8) is 0 Å². The highest BCUT2D eigenvalue weighted by atomic mass is 16.4. The molecule has 1 aromatic heterocycles. The van der Waals surface area contributed by atoms with E-state index in [2.05, 4.69) is 16.8 Å². The molecule has 102 valence electrons. The Morgan fingerprint density at radius 1 is 1.37 bits per heavy atom. The summed E-state index contributed by atoms with van der Waals surface area (Å²) < 4.78 is 5.90. The monoisotopic (exact) mass is 259 g/mol. The van der Waals surface area contributed by atoms with Crippen LogP contribution in [0.3, 0.4) is 0 Å². The van der Waals surface area contributed by atoms with Crippen molar-refractivity contribution in [2.24, 2.45) is 11.7 Å². The largest absolute Gasteiger partial charge is 0.423 e. The van der Waals surface area contributed by atoms with Crippen molar-refractivity contribution >= 4 is 17.1 Å². The lowest BCUT2D eigenvalue weighted by molar-refractivity contribution is 0.432. The van der Waals surface area contributed by atoms with Gasteiger partial charge in [-0.15, -0.1) is 0 Å². The van der Waals surface area contributed by atoms with Crippen molar-refractivity contribution in [3.8, 4) is 0 Å². The number of nitrogens with two attached hydrogens (primary N) is 1. The number of oxazole rings is 1. The summed E-state index contributed by atoms with van der Waals surface area (Å²) >= 11 is 0. The van der Waals surface area contributed by atoms with Gasteiger partial charge in [-0.3, -0.25) is 0 Å². The fraction of sp³-hybridized carbons (Fsp3) is 0.533. The molecule has 4 heteroatoms. The van der Waals surface area contributed by atoms with Crippen molar-refractivity contribution in [2.75, 3.05) is 18.0 Å². The molecule has 0 saturated heterocycles. The van der Waals surface area contributed by atoms with Crippen molar-refractivity contribution in [1.29, 1.82) is 0 Å². The molecular weight excluding hydrogens is 238 g/mol. The van der Waals surface area contributed by atoms with Crippen LogP contribution in [0.15, 0.2) is 28.7 Å². The Morgan fingerprint density at radius 3 is 2.95 bits per heavy atom. The highest BCUT2D eigenvalue weighted by Gasteiger charge is 2.32. The third-order valence-corrected chi connectivity index (χ3v) is 4.19. The Kier molecular flexibility index (Phi) is 3.42. The van der Waals surface area contributed by atoms with Crippen LogP contribution in [0.2, 0.25) is 0 Å². The van der Waals surface area contributed by atoms with Crippen molar-refractivity contribution in [1.82, 2.24) is 4.98 Å². The van der Waals surface area contributed by atoms with E-state index in [4.69, 9.17) is 10.2 Å². The molecule has 0 aliphatic heterocycles. The quantitative estimate of drug-likeness (QED) is 0.917. The maximum Gasteiger partial charge on any atom is 0.298 e. The van der Waals surface area contributed by atoms with Gasteiger partial charge in [0.05, 0.1) is 0 Å². The lowest BCUT2D eigenvalue weighted by Gasteiger charge is -2.30. The minimum absolute atomic E-state index is 0.475. The molecule has 4 nitrogen and oxygen atoms in total. The van der Waals surface area contributed by atoms with Crippen LogP contribution in [0.4, 0.5) is 6.01 Å².